The van der Waals surface area contributed by atoms with E-state index < -0.39 is 6.23 Å². The summed E-state index contributed by atoms with van der Waals surface area (Å²) in [7, 11) is 0. The Kier molecular flexibility index (Phi) is 5.26. The third kappa shape index (κ3) is 3.08. The standard InChI is InChI=1S/C6H9N2O2.HI/c9-5-6(10)8-3-1-7-2-4-8;/h1-4,6,9-10H,5H2;1H/q+1;/p-1. The first-order chi connectivity index (χ1) is 4.84. The summed E-state index contributed by atoms with van der Waals surface area (Å²) in [6.07, 6.45) is 5.39. The van der Waals surface area contributed by atoms with Gasteiger partial charge in [0.25, 0.3) is 6.23 Å². The summed E-state index contributed by atoms with van der Waals surface area (Å²) in [5, 5.41) is 17.5. The van der Waals surface area contributed by atoms with Gasteiger partial charge in [0.1, 0.15) is 6.61 Å². The van der Waals surface area contributed by atoms with Crippen LogP contribution in [0.2, 0.25) is 0 Å². The Labute approximate surface area is 81.5 Å². The molecule has 11 heavy (non-hydrogen) atoms. The maximum Gasteiger partial charge on any atom is 0.283 e. The van der Waals surface area contributed by atoms with E-state index in [1.807, 2.05) is 0 Å². The van der Waals surface area contributed by atoms with Gasteiger partial charge in [-0.05, 0) is 0 Å². The summed E-state index contributed by atoms with van der Waals surface area (Å²) in [6.45, 7) is -0.283. The van der Waals surface area contributed by atoms with Crippen LogP contribution in [0.3, 0.4) is 0 Å². The van der Waals surface area contributed by atoms with Gasteiger partial charge >= 0.3 is 0 Å². The lowest BCUT2D eigenvalue weighted by molar-refractivity contribution is -0.761. The van der Waals surface area contributed by atoms with Gasteiger partial charge in [-0.3, -0.25) is 4.98 Å². The number of nitrogens with zero attached hydrogens (tertiary/aromatic N) is 2. The number of rotatable bonds is 2. The molecule has 1 aromatic heterocycles. The Morgan fingerprint density at radius 3 is 2.36 bits per heavy atom. The van der Waals surface area contributed by atoms with E-state index in [4.69, 9.17) is 10.2 Å². The molecule has 0 aliphatic rings. The highest BCUT2D eigenvalue weighted by Crippen LogP contribution is 1.84. The van der Waals surface area contributed by atoms with Crippen molar-refractivity contribution >= 4 is 0 Å². The number of aliphatic hydroxyl groups excluding tert-OH is 2. The second-order valence-electron chi connectivity index (χ2n) is 1.86. The first-order valence-electron chi connectivity index (χ1n) is 2.94. The Morgan fingerprint density at radius 2 is 1.91 bits per heavy atom. The molecule has 0 radical (unpaired) electrons. The van der Waals surface area contributed by atoms with Crippen molar-refractivity contribution < 1.29 is 38.8 Å². The summed E-state index contributed by atoms with van der Waals surface area (Å²) in [4.78, 5) is 3.75. The highest BCUT2D eigenvalue weighted by molar-refractivity contribution is 4.63. The summed E-state index contributed by atoms with van der Waals surface area (Å²) >= 11 is 0. The Morgan fingerprint density at radius 1 is 1.36 bits per heavy atom. The molecule has 1 rings (SSSR count). The largest absolute Gasteiger partial charge is 1.00 e. The molecule has 0 spiro atoms. The van der Waals surface area contributed by atoms with Crippen LogP contribution in [0.15, 0.2) is 24.8 Å². The van der Waals surface area contributed by atoms with E-state index in [0.717, 1.165) is 0 Å². The van der Waals surface area contributed by atoms with Gasteiger partial charge in [0, 0.05) is 0 Å². The van der Waals surface area contributed by atoms with Gasteiger partial charge in [0.15, 0.2) is 12.4 Å². The average molecular weight is 268 g/mol. The van der Waals surface area contributed by atoms with Crippen LogP contribution in [0.25, 0.3) is 0 Å². The van der Waals surface area contributed by atoms with Gasteiger partial charge in [-0.2, -0.15) is 4.57 Å². The molecule has 62 valence electrons. The molecule has 0 bridgehead atoms. The Hall–Kier alpha value is -0.270. The zero-order chi connectivity index (χ0) is 7.40. The Balaban J connectivity index is 0.000001000. The molecule has 1 unspecified atom stereocenters. The number of hydrogen-bond acceptors (Lipinski definition) is 3. The van der Waals surface area contributed by atoms with Gasteiger partial charge in [0.05, 0.1) is 12.4 Å². The van der Waals surface area contributed by atoms with Crippen LogP contribution in [0.4, 0.5) is 0 Å². The molecule has 1 aromatic rings. The van der Waals surface area contributed by atoms with Crippen molar-refractivity contribution in [3.63, 3.8) is 0 Å². The van der Waals surface area contributed by atoms with Crippen molar-refractivity contribution in [3.05, 3.63) is 24.8 Å². The minimum atomic E-state index is -0.858. The van der Waals surface area contributed by atoms with E-state index in [9.17, 15) is 0 Å². The molecule has 0 aliphatic carbocycles. The lowest BCUT2D eigenvalue weighted by atomic mass is 10.5. The SMILES string of the molecule is OCC(O)[n+]1ccncc1.[I-]. The van der Waals surface area contributed by atoms with Gasteiger partial charge < -0.3 is 34.2 Å². The van der Waals surface area contributed by atoms with Crippen LogP contribution in [0.1, 0.15) is 6.23 Å². The van der Waals surface area contributed by atoms with Crippen LogP contribution in [0.5, 0.6) is 0 Å². The molecular formula is C6H9IN2O2. The van der Waals surface area contributed by atoms with Crippen molar-refractivity contribution in [2.75, 3.05) is 6.61 Å². The molecule has 1 atom stereocenters. The van der Waals surface area contributed by atoms with E-state index in [2.05, 4.69) is 4.98 Å². The number of halogens is 1. The fraction of sp³-hybridized carbons (Fsp3) is 0.333. The van der Waals surface area contributed by atoms with Gasteiger partial charge in [-0.1, -0.05) is 0 Å². The van der Waals surface area contributed by atoms with Crippen LogP contribution < -0.4 is 28.5 Å². The molecule has 1 heterocycles. The third-order valence-electron chi connectivity index (χ3n) is 1.16. The van der Waals surface area contributed by atoms with Crippen molar-refractivity contribution in [2.24, 2.45) is 0 Å². The molecular weight excluding hydrogens is 259 g/mol. The van der Waals surface area contributed by atoms with Gasteiger partial charge in [-0.15, -0.1) is 0 Å². The van der Waals surface area contributed by atoms with E-state index in [1.165, 1.54) is 4.57 Å². The van der Waals surface area contributed by atoms with Crippen molar-refractivity contribution in [3.8, 4) is 0 Å². The van der Waals surface area contributed by atoms with Gasteiger partial charge in [-0.25, -0.2) is 0 Å². The van der Waals surface area contributed by atoms with Crippen LogP contribution >= 0.6 is 0 Å². The average Bonchev–Trinajstić information content (AvgIpc) is 2.05. The molecule has 0 saturated heterocycles. The van der Waals surface area contributed by atoms with E-state index in [-0.39, 0.29) is 30.6 Å². The minimum Gasteiger partial charge on any atom is -1.00 e. The highest BCUT2D eigenvalue weighted by atomic mass is 127. The molecule has 0 aliphatic heterocycles. The highest BCUT2D eigenvalue weighted by Gasteiger charge is 2.09. The lowest BCUT2D eigenvalue weighted by Gasteiger charge is -1.98. The normalized spacial score (nSPS) is 11.8. The smallest absolute Gasteiger partial charge is 0.283 e. The molecule has 0 fully saturated rings. The molecule has 0 amide bonds. The van der Waals surface area contributed by atoms with Crippen molar-refractivity contribution in [2.45, 2.75) is 6.23 Å². The molecule has 5 heteroatoms. The van der Waals surface area contributed by atoms with Gasteiger partial charge in [0.2, 0.25) is 0 Å². The third-order valence-corrected chi connectivity index (χ3v) is 1.16. The summed E-state index contributed by atoms with van der Waals surface area (Å²) < 4.78 is 1.47. The van der Waals surface area contributed by atoms with E-state index in [1.54, 1.807) is 24.8 Å². The number of aromatic nitrogens is 2. The van der Waals surface area contributed by atoms with Crippen LogP contribution in [-0.4, -0.2) is 21.8 Å². The first-order valence-corrected chi connectivity index (χ1v) is 2.94. The van der Waals surface area contributed by atoms with Crippen LogP contribution in [-0.2, 0) is 0 Å². The molecule has 2 N–H and O–H groups in total. The second-order valence-corrected chi connectivity index (χ2v) is 1.86. The topological polar surface area (TPSA) is 57.2 Å². The van der Waals surface area contributed by atoms with E-state index in [0.29, 0.717) is 0 Å². The first kappa shape index (κ1) is 10.7. The zero-order valence-electron chi connectivity index (χ0n) is 5.76. The summed E-state index contributed by atoms with van der Waals surface area (Å²) in [6, 6.07) is 0. The number of hydrogen-bond donors (Lipinski definition) is 2. The lowest BCUT2D eigenvalue weighted by Crippen LogP contribution is -3.00. The van der Waals surface area contributed by atoms with E-state index >= 15 is 0 Å². The summed E-state index contributed by atoms with van der Waals surface area (Å²) in [5.74, 6) is 0. The monoisotopic (exact) mass is 268 g/mol. The maximum atomic E-state index is 9.01. The quantitative estimate of drug-likeness (QED) is 0.423. The number of aliphatic hydroxyl groups is 2. The fourth-order valence-corrected chi connectivity index (χ4v) is 0.623. The van der Waals surface area contributed by atoms with Crippen molar-refractivity contribution in [1.82, 2.24) is 4.98 Å². The predicted octanol–water partition coefficient (Wildman–Crippen LogP) is -4.14. The molecule has 0 saturated carbocycles. The maximum absolute atomic E-state index is 9.01. The Bertz CT molecular complexity index is 195. The minimum absolute atomic E-state index is 0. The fourth-order valence-electron chi connectivity index (χ4n) is 0.623. The zero-order valence-corrected chi connectivity index (χ0v) is 7.92. The predicted molar refractivity (Wildman–Crippen MR) is 32.8 cm³/mol. The van der Waals surface area contributed by atoms with Crippen LogP contribution in [0, 0.1) is 0 Å². The molecule has 0 aromatic carbocycles. The second kappa shape index (κ2) is 5.39. The molecule has 4 nitrogen and oxygen atoms in total. The summed E-state index contributed by atoms with van der Waals surface area (Å²) in [5.41, 5.74) is 0. The van der Waals surface area contributed by atoms with Crippen molar-refractivity contribution in [1.29, 1.82) is 0 Å².